The summed E-state index contributed by atoms with van der Waals surface area (Å²) in [7, 11) is 0. The van der Waals surface area contributed by atoms with Crippen molar-refractivity contribution in [2.75, 3.05) is 6.61 Å². The van der Waals surface area contributed by atoms with Gasteiger partial charge in [-0.25, -0.2) is 4.79 Å². The molecule has 0 aromatic heterocycles. The summed E-state index contributed by atoms with van der Waals surface area (Å²) in [5, 5.41) is 9.20. The van der Waals surface area contributed by atoms with E-state index in [2.05, 4.69) is 0 Å². The number of carbonyl (C=O) groups excluding carboxylic acids is 1. The van der Waals surface area contributed by atoms with Crippen LogP contribution >= 0.6 is 24.0 Å². The van der Waals surface area contributed by atoms with Gasteiger partial charge in [-0.05, 0) is 6.92 Å². The van der Waals surface area contributed by atoms with E-state index in [9.17, 15) is 9.59 Å². The van der Waals surface area contributed by atoms with Crippen molar-refractivity contribution in [3.05, 3.63) is 10.6 Å². The first-order valence-corrected chi connectivity index (χ1v) is 6.44. The van der Waals surface area contributed by atoms with Crippen LogP contribution in [0.3, 0.4) is 0 Å². The number of aliphatic carboxylic acids is 1. The zero-order valence-electron chi connectivity index (χ0n) is 9.13. The Morgan fingerprint density at radius 3 is 2.88 bits per heavy atom. The molecule has 5 nitrogen and oxygen atoms in total. The summed E-state index contributed by atoms with van der Waals surface area (Å²) >= 11 is 6.43. The Labute approximate surface area is 108 Å². The average Bonchev–Trinajstić information content (AvgIpc) is 2.51. The van der Waals surface area contributed by atoms with Crippen molar-refractivity contribution in [3.8, 4) is 0 Å². The Kier molecular flexibility index (Phi) is 3.39. The summed E-state index contributed by atoms with van der Waals surface area (Å²) in [5.74, 6) is -1.44. The first-order valence-electron chi connectivity index (χ1n) is 5.15. The van der Waals surface area contributed by atoms with Crippen molar-refractivity contribution < 1.29 is 19.4 Å². The highest BCUT2D eigenvalue weighted by atomic mass is 32.2. The third kappa shape index (κ3) is 2.16. The molecule has 17 heavy (non-hydrogen) atoms. The van der Waals surface area contributed by atoms with Gasteiger partial charge in [0.2, 0.25) is 0 Å². The molecule has 92 valence electrons. The van der Waals surface area contributed by atoms with E-state index in [0.29, 0.717) is 22.9 Å². The molecule has 0 unspecified atom stereocenters. The van der Waals surface area contributed by atoms with Crippen molar-refractivity contribution in [2.45, 2.75) is 25.1 Å². The quantitative estimate of drug-likeness (QED) is 0.612. The van der Waals surface area contributed by atoms with E-state index >= 15 is 0 Å². The lowest BCUT2D eigenvalue weighted by Gasteiger charge is -2.37. The summed E-state index contributed by atoms with van der Waals surface area (Å²) in [6, 6.07) is 0. The number of hydrogen-bond donors (Lipinski definition) is 1. The lowest BCUT2D eigenvalue weighted by molar-refractivity contribution is -0.142. The first kappa shape index (κ1) is 12.4. The van der Waals surface area contributed by atoms with Gasteiger partial charge in [-0.15, -0.1) is 11.8 Å². The average molecular weight is 273 g/mol. The molecule has 0 aliphatic carbocycles. The molecule has 2 aliphatic rings. The number of fused-ring (bicyclic) bond motifs is 1. The normalized spacial score (nSPS) is 22.3. The minimum atomic E-state index is -1.04. The molecular formula is C10H11NO4S2. The van der Waals surface area contributed by atoms with E-state index in [1.54, 1.807) is 11.8 Å². The predicted molar refractivity (Wildman–Crippen MR) is 66.3 cm³/mol. The molecular weight excluding hydrogens is 262 g/mol. The number of ether oxygens (including phenoxy) is 1. The number of carboxylic acids is 1. The van der Waals surface area contributed by atoms with Crippen molar-refractivity contribution in [2.24, 2.45) is 0 Å². The number of thiocarbonyl (C=S) groups is 1. The lowest BCUT2D eigenvalue weighted by atomic mass is 10.1. The molecule has 2 heterocycles. The second-order valence-corrected chi connectivity index (χ2v) is 5.34. The van der Waals surface area contributed by atoms with E-state index in [0.717, 1.165) is 0 Å². The van der Waals surface area contributed by atoms with Gasteiger partial charge in [0.05, 0.1) is 23.4 Å². The molecule has 2 aliphatic heterocycles. The fourth-order valence-corrected chi connectivity index (χ4v) is 3.75. The van der Waals surface area contributed by atoms with Gasteiger partial charge in [0.1, 0.15) is 5.70 Å². The van der Waals surface area contributed by atoms with Gasteiger partial charge >= 0.3 is 11.9 Å². The fourth-order valence-electron chi connectivity index (χ4n) is 1.80. The standard InChI is InChI=1S/C10H11NO4S2/c1-2-15-8(12)3-5-9(10(13)14)11-6(16)4-7(11)17-5/h7H,2-4H2,1H3,(H,13,14)/t7-/m0/s1. The van der Waals surface area contributed by atoms with Crippen molar-refractivity contribution in [3.63, 3.8) is 0 Å². The molecule has 0 aromatic carbocycles. The van der Waals surface area contributed by atoms with Crippen molar-refractivity contribution in [1.29, 1.82) is 0 Å². The number of thioether (sulfide) groups is 1. The van der Waals surface area contributed by atoms with Crippen LogP contribution in [-0.2, 0) is 14.3 Å². The van der Waals surface area contributed by atoms with Crippen LogP contribution in [0.25, 0.3) is 0 Å². The molecule has 0 bridgehead atoms. The van der Waals surface area contributed by atoms with Gasteiger partial charge in [0, 0.05) is 11.3 Å². The number of esters is 1. The molecule has 1 N–H and O–H groups in total. The number of rotatable bonds is 4. The maximum absolute atomic E-state index is 11.4. The van der Waals surface area contributed by atoms with Crippen LogP contribution < -0.4 is 0 Å². The largest absolute Gasteiger partial charge is 0.477 e. The van der Waals surface area contributed by atoms with Crippen LogP contribution in [0, 0.1) is 0 Å². The van der Waals surface area contributed by atoms with E-state index in [4.69, 9.17) is 22.1 Å². The smallest absolute Gasteiger partial charge is 0.353 e. The molecule has 7 heteroatoms. The minimum Gasteiger partial charge on any atom is -0.477 e. The summed E-state index contributed by atoms with van der Waals surface area (Å²) in [6.45, 7) is 2.01. The minimum absolute atomic E-state index is 0.00968. The van der Waals surface area contributed by atoms with Crippen LogP contribution in [0.5, 0.6) is 0 Å². The summed E-state index contributed by atoms with van der Waals surface area (Å²) in [4.78, 5) is 25.3. The van der Waals surface area contributed by atoms with E-state index in [1.165, 1.54) is 11.8 Å². The monoisotopic (exact) mass is 273 g/mol. The van der Waals surface area contributed by atoms with Crippen molar-refractivity contribution in [1.82, 2.24) is 4.90 Å². The van der Waals surface area contributed by atoms with Gasteiger partial charge < -0.3 is 14.7 Å². The Bertz CT molecular complexity index is 432. The first-order chi connectivity index (χ1) is 8.04. The molecule has 1 atom stereocenters. The van der Waals surface area contributed by atoms with Gasteiger partial charge in [-0.3, -0.25) is 4.79 Å². The highest BCUT2D eigenvalue weighted by molar-refractivity contribution is 8.04. The number of nitrogens with zero attached hydrogens (tertiary/aromatic N) is 1. The topological polar surface area (TPSA) is 66.8 Å². The summed E-state index contributed by atoms with van der Waals surface area (Å²) in [6.07, 6.45) is 0.707. The van der Waals surface area contributed by atoms with Crippen LogP contribution in [0.1, 0.15) is 19.8 Å². The van der Waals surface area contributed by atoms with Crippen LogP contribution in [0.4, 0.5) is 0 Å². The fraction of sp³-hybridized carbons (Fsp3) is 0.500. The van der Waals surface area contributed by atoms with Gasteiger partial charge in [-0.2, -0.15) is 0 Å². The third-order valence-electron chi connectivity index (χ3n) is 2.50. The van der Waals surface area contributed by atoms with Crippen LogP contribution in [0.2, 0.25) is 0 Å². The lowest BCUT2D eigenvalue weighted by Crippen LogP contribution is -2.47. The zero-order valence-corrected chi connectivity index (χ0v) is 10.8. The number of carboxylic acid groups (broad SMARTS) is 1. The molecule has 0 radical (unpaired) electrons. The van der Waals surface area contributed by atoms with Crippen LogP contribution in [0.15, 0.2) is 10.6 Å². The Hall–Kier alpha value is -1.08. The zero-order chi connectivity index (χ0) is 12.6. The van der Waals surface area contributed by atoms with E-state index in [1.807, 2.05) is 0 Å². The molecule has 1 fully saturated rings. The molecule has 2 rings (SSSR count). The number of hydrogen-bond acceptors (Lipinski definition) is 5. The molecule has 0 aromatic rings. The Morgan fingerprint density at radius 1 is 1.65 bits per heavy atom. The molecule has 0 spiro atoms. The summed E-state index contributed by atoms with van der Waals surface area (Å²) < 4.78 is 4.82. The Morgan fingerprint density at radius 2 is 2.35 bits per heavy atom. The van der Waals surface area contributed by atoms with E-state index < -0.39 is 11.9 Å². The van der Waals surface area contributed by atoms with Gasteiger partial charge in [-0.1, -0.05) is 12.2 Å². The highest BCUT2D eigenvalue weighted by Crippen LogP contribution is 2.47. The maximum atomic E-state index is 11.4. The SMILES string of the molecule is CCOC(=O)CC1=C(C(=O)O)N2C(=S)C[C@@H]2S1. The molecule has 0 saturated carbocycles. The van der Waals surface area contributed by atoms with E-state index in [-0.39, 0.29) is 17.5 Å². The van der Waals surface area contributed by atoms with Gasteiger partial charge in [0.25, 0.3) is 0 Å². The number of carbonyl (C=O) groups is 2. The third-order valence-corrected chi connectivity index (χ3v) is 4.14. The maximum Gasteiger partial charge on any atom is 0.353 e. The highest BCUT2D eigenvalue weighted by Gasteiger charge is 2.46. The molecule has 0 amide bonds. The second kappa shape index (κ2) is 4.66. The Balaban J connectivity index is 2.17. The van der Waals surface area contributed by atoms with Gasteiger partial charge in [0.15, 0.2) is 0 Å². The van der Waals surface area contributed by atoms with Crippen LogP contribution in [-0.4, -0.2) is 38.9 Å². The second-order valence-electron chi connectivity index (χ2n) is 3.60. The molecule has 1 saturated heterocycles. The predicted octanol–water partition coefficient (Wildman–Crippen LogP) is 1.34. The summed E-state index contributed by atoms with van der Waals surface area (Å²) in [5.41, 5.74) is 0.143. The van der Waals surface area contributed by atoms with Crippen molar-refractivity contribution >= 4 is 40.9 Å².